The molecule has 0 aliphatic rings. The number of benzene rings is 2. The lowest BCUT2D eigenvalue weighted by Crippen LogP contribution is -2.00. The minimum Gasteiger partial charge on any atom is -0.457 e. The number of nitrogens with two attached hydrogens (primary N) is 1. The molecule has 3 nitrogen and oxygen atoms in total. The summed E-state index contributed by atoms with van der Waals surface area (Å²) in [6, 6.07) is 13.1. The van der Waals surface area contributed by atoms with Gasteiger partial charge in [-0.3, -0.25) is 0 Å². The van der Waals surface area contributed by atoms with Crippen LogP contribution in [-0.2, 0) is 13.0 Å². The van der Waals surface area contributed by atoms with Crippen molar-refractivity contribution in [1.29, 1.82) is 0 Å². The SMILES string of the molecule is NCc1c(Cl)cccc1Oc1ccc(CCO)cc1. The van der Waals surface area contributed by atoms with Crippen molar-refractivity contribution in [2.75, 3.05) is 6.61 Å². The summed E-state index contributed by atoms with van der Waals surface area (Å²) in [7, 11) is 0. The fraction of sp³-hybridized carbons (Fsp3) is 0.200. The molecule has 0 spiro atoms. The van der Waals surface area contributed by atoms with Crippen molar-refractivity contribution < 1.29 is 9.84 Å². The second-order valence-electron chi connectivity index (χ2n) is 4.14. The highest BCUT2D eigenvalue weighted by Gasteiger charge is 2.07. The predicted molar refractivity (Wildman–Crippen MR) is 76.6 cm³/mol. The summed E-state index contributed by atoms with van der Waals surface area (Å²) in [4.78, 5) is 0. The highest BCUT2D eigenvalue weighted by Crippen LogP contribution is 2.30. The van der Waals surface area contributed by atoms with E-state index in [2.05, 4.69) is 0 Å². The Hall–Kier alpha value is -1.55. The molecule has 3 N–H and O–H groups in total. The highest BCUT2D eigenvalue weighted by atomic mass is 35.5. The van der Waals surface area contributed by atoms with Crippen LogP contribution in [0.25, 0.3) is 0 Å². The van der Waals surface area contributed by atoms with Crippen molar-refractivity contribution in [1.82, 2.24) is 0 Å². The topological polar surface area (TPSA) is 55.5 Å². The van der Waals surface area contributed by atoms with Crippen LogP contribution in [-0.4, -0.2) is 11.7 Å². The number of halogens is 1. The Labute approximate surface area is 117 Å². The first-order valence-electron chi connectivity index (χ1n) is 6.09. The Morgan fingerprint density at radius 1 is 1.11 bits per heavy atom. The summed E-state index contributed by atoms with van der Waals surface area (Å²) in [6.07, 6.45) is 0.644. The first-order chi connectivity index (χ1) is 9.24. The van der Waals surface area contributed by atoms with Gasteiger partial charge in [0.15, 0.2) is 0 Å². The van der Waals surface area contributed by atoms with Crippen molar-refractivity contribution in [3.05, 3.63) is 58.6 Å². The molecule has 2 aromatic rings. The van der Waals surface area contributed by atoms with Gasteiger partial charge in [0.25, 0.3) is 0 Å². The van der Waals surface area contributed by atoms with Gasteiger partial charge in [0, 0.05) is 23.7 Å². The first-order valence-corrected chi connectivity index (χ1v) is 6.47. The molecule has 4 heteroatoms. The summed E-state index contributed by atoms with van der Waals surface area (Å²) in [5.41, 5.74) is 7.54. The van der Waals surface area contributed by atoms with Gasteiger partial charge in [-0.05, 0) is 36.2 Å². The van der Waals surface area contributed by atoms with Gasteiger partial charge in [-0.2, -0.15) is 0 Å². The lowest BCUT2D eigenvalue weighted by atomic mass is 10.1. The summed E-state index contributed by atoms with van der Waals surface area (Å²) >= 11 is 6.07. The van der Waals surface area contributed by atoms with Crippen molar-refractivity contribution in [3.8, 4) is 11.5 Å². The van der Waals surface area contributed by atoms with Crippen LogP contribution in [0.4, 0.5) is 0 Å². The van der Waals surface area contributed by atoms with Crippen LogP contribution < -0.4 is 10.5 Å². The zero-order valence-electron chi connectivity index (χ0n) is 10.5. The molecule has 0 saturated carbocycles. The fourth-order valence-electron chi connectivity index (χ4n) is 1.81. The number of rotatable bonds is 5. The molecule has 0 bridgehead atoms. The molecule has 2 rings (SSSR count). The Bertz CT molecular complexity index is 540. The van der Waals surface area contributed by atoms with Gasteiger partial charge in [0.2, 0.25) is 0 Å². The molecule has 0 aromatic heterocycles. The Balaban J connectivity index is 2.19. The maximum absolute atomic E-state index is 8.86. The van der Waals surface area contributed by atoms with Crippen molar-refractivity contribution in [2.24, 2.45) is 5.73 Å². The molecule has 19 heavy (non-hydrogen) atoms. The number of hydrogen-bond donors (Lipinski definition) is 2. The van der Waals surface area contributed by atoms with E-state index in [9.17, 15) is 0 Å². The van der Waals surface area contributed by atoms with Gasteiger partial charge in [0.1, 0.15) is 11.5 Å². The van der Waals surface area contributed by atoms with Crippen LogP contribution in [0.5, 0.6) is 11.5 Å². The lowest BCUT2D eigenvalue weighted by molar-refractivity contribution is 0.299. The van der Waals surface area contributed by atoms with E-state index >= 15 is 0 Å². The van der Waals surface area contributed by atoms with Crippen LogP contribution in [0.1, 0.15) is 11.1 Å². The standard InChI is InChI=1S/C15H16ClNO2/c16-14-2-1-3-15(13(14)10-17)19-12-6-4-11(5-7-12)8-9-18/h1-7,18H,8-10,17H2. The van der Waals surface area contributed by atoms with Crippen LogP contribution in [0.2, 0.25) is 5.02 Å². The number of aliphatic hydroxyl groups is 1. The van der Waals surface area contributed by atoms with Gasteiger partial charge < -0.3 is 15.6 Å². The van der Waals surface area contributed by atoms with E-state index < -0.39 is 0 Å². The molecule has 100 valence electrons. The van der Waals surface area contributed by atoms with Gasteiger partial charge in [-0.15, -0.1) is 0 Å². The maximum Gasteiger partial charge on any atom is 0.133 e. The van der Waals surface area contributed by atoms with E-state index in [1.165, 1.54) is 0 Å². The predicted octanol–water partition coefficient (Wildman–Crippen LogP) is 3.13. The molecule has 0 amide bonds. The average Bonchev–Trinajstić information content (AvgIpc) is 2.42. The van der Waals surface area contributed by atoms with E-state index in [0.29, 0.717) is 23.7 Å². The first kappa shape index (κ1) is 13.9. The van der Waals surface area contributed by atoms with Gasteiger partial charge in [0.05, 0.1) is 0 Å². The Morgan fingerprint density at radius 2 is 1.84 bits per heavy atom. The van der Waals surface area contributed by atoms with E-state index in [-0.39, 0.29) is 6.61 Å². The second-order valence-corrected chi connectivity index (χ2v) is 4.55. The molecule has 0 saturated heterocycles. The molecule has 0 aliphatic carbocycles. The monoisotopic (exact) mass is 277 g/mol. The largest absolute Gasteiger partial charge is 0.457 e. The maximum atomic E-state index is 8.86. The zero-order chi connectivity index (χ0) is 13.7. The van der Waals surface area contributed by atoms with E-state index in [1.807, 2.05) is 36.4 Å². The molecule has 2 aromatic carbocycles. The van der Waals surface area contributed by atoms with Crippen molar-refractivity contribution >= 4 is 11.6 Å². The third kappa shape index (κ3) is 3.47. The fourth-order valence-corrected chi connectivity index (χ4v) is 2.06. The summed E-state index contributed by atoms with van der Waals surface area (Å²) in [6.45, 7) is 0.476. The number of ether oxygens (including phenoxy) is 1. The van der Waals surface area contributed by atoms with Crippen molar-refractivity contribution in [2.45, 2.75) is 13.0 Å². The van der Waals surface area contributed by atoms with Gasteiger partial charge in [-0.25, -0.2) is 0 Å². The highest BCUT2D eigenvalue weighted by molar-refractivity contribution is 6.31. The minimum atomic E-state index is 0.145. The zero-order valence-corrected chi connectivity index (χ0v) is 11.2. The van der Waals surface area contributed by atoms with Crippen molar-refractivity contribution in [3.63, 3.8) is 0 Å². The molecule has 0 radical (unpaired) electrons. The summed E-state index contributed by atoms with van der Waals surface area (Å²) in [5, 5.41) is 9.47. The minimum absolute atomic E-state index is 0.145. The van der Waals surface area contributed by atoms with Gasteiger partial charge >= 0.3 is 0 Å². The van der Waals surface area contributed by atoms with Gasteiger partial charge in [-0.1, -0.05) is 29.8 Å². The Morgan fingerprint density at radius 3 is 2.47 bits per heavy atom. The molecule has 0 atom stereocenters. The normalized spacial score (nSPS) is 10.5. The average molecular weight is 278 g/mol. The van der Waals surface area contributed by atoms with Crippen LogP contribution in [0.15, 0.2) is 42.5 Å². The molecule has 0 heterocycles. The van der Waals surface area contributed by atoms with E-state index in [1.54, 1.807) is 6.07 Å². The lowest BCUT2D eigenvalue weighted by Gasteiger charge is -2.11. The molecule has 0 unspecified atom stereocenters. The quantitative estimate of drug-likeness (QED) is 0.883. The molecular weight excluding hydrogens is 262 g/mol. The third-order valence-electron chi connectivity index (χ3n) is 2.83. The molecule has 0 aliphatic heterocycles. The Kier molecular flexibility index (Phi) is 4.80. The summed E-state index contributed by atoms with van der Waals surface area (Å²) in [5.74, 6) is 1.39. The van der Waals surface area contributed by atoms with E-state index in [0.717, 1.165) is 16.9 Å². The summed E-state index contributed by atoms with van der Waals surface area (Å²) < 4.78 is 5.79. The number of aliphatic hydroxyl groups excluding tert-OH is 1. The molecular formula is C15H16ClNO2. The number of hydrogen-bond acceptors (Lipinski definition) is 3. The smallest absolute Gasteiger partial charge is 0.133 e. The van der Waals surface area contributed by atoms with Crippen LogP contribution in [0.3, 0.4) is 0 Å². The third-order valence-corrected chi connectivity index (χ3v) is 3.19. The van der Waals surface area contributed by atoms with Crippen LogP contribution >= 0.6 is 11.6 Å². The molecule has 0 fully saturated rings. The van der Waals surface area contributed by atoms with E-state index in [4.69, 9.17) is 27.2 Å². The van der Waals surface area contributed by atoms with Crippen LogP contribution in [0, 0.1) is 0 Å². The second kappa shape index (κ2) is 6.57.